The maximum absolute atomic E-state index is 13.6. The third kappa shape index (κ3) is 5.63. The van der Waals surface area contributed by atoms with Crippen LogP contribution >= 0.6 is 11.6 Å². The molecule has 0 spiro atoms. The fraction of sp³-hybridized carbons (Fsp3) is 0.0690. The number of alkyl halides is 3. The van der Waals surface area contributed by atoms with Crippen molar-refractivity contribution in [2.75, 3.05) is 5.32 Å². The van der Waals surface area contributed by atoms with Crippen molar-refractivity contribution in [2.45, 2.75) is 12.3 Å². The zero-order valence-electron chi connectivity index (χ0n) is 19.9. The number of pyridine rings is 1. The maximum Gasteiger partial charge on any atom is 0.418 e. The molecule has 3 aromatic carbocycles. The van der Waals surface area contributed by atoms with E-state index in [1.54, 1.807) is 54.6 Å². The van der Waals surface area contributed by atoms with Crippen LogP contribution in [-0.2, 0) is 15.7 Å². The number of nitrogens with zero attached hydrogens (tertiary/aromatic N) is 1. The number of hydrogen-bond acceptors (Lipinski definition) is 5. The lowest BCUT2D eigenvalue weighted by Crippen LogP contribution is -2.27. The summed E-state index contributed by atoms with van der Waals surface area (Å²) in [6.07, 6.45) is -4.90. The highest BCUT2D eigenvalue weighted by molar-refractivity contribution is 6.30. The molecule has 0 bridgehead atoms. The maximum atomic E-state index is 13.6. The van der Waals surface area contributed by atoms with Crippen molar-refractivity contribution in [3.8, 4) is 11.5 Å². The predicted octanol–water partition coefficient (Wildman–Crippen LogP) is 7.70. The SMILES string of the molecule is O=C(OC(C(=O)Nc1ccc(Cl)cc1C(F)(F)F)c1ccccc1)c1cc(-c2ccco2)nc2ccccc12. The largest absolute Gasteiger partial charge is 0.463 e. The second-order valence-corrected chi connectivity index (χ2v) is 8.86. The molecule has 0 saturated carbocycles. The molecule has 1 unspecified atom stereocenters. The molecule has 1 atom stereocenters. The molecular weight excluding hydrogens is 533 g/mol. The van der Waals surface area contributed by atoms with Crippen molar-refractivity contribution in [2.24, 2.45) is 0 Å². The van der Waals surface area contributed by atoms with Gasteiger partial charge >= 0.3 is 12.1 Å². The smallest absolute Gasteiger partial charge is 0.418 e. The molecule has 1 N–H and O–H groups in total. The fourth-order valence-electron chi connectivity index (χ4n) is 4.02. The van der Waals surface area contributed by atoms with Gasteiger partial charge in [-0.25, -0.2) is 9.78 Å². The van der Waals surface area contributed by atoms with E-state index in [0.29, 0.717) is 28.4 Å². The van der Waals surface area contributed by atoms with Crippen molar-refractivity contribution < 1.29 is 31.9 Å². The van der Waals surface area contributed by atoms with E-state index in [4.69, 9.17) is 20.8 Å². The average Bonchev–Trinajstić information content (AvgIpc) is 3.47. The second-order valence-electron chi connectivity index (χ2n) is 8.42. The number of carbonyl (C=O) groups is 2. The summed E-state index contributed by atoms with van der Waals surface area (Å²) in [4.78, 5) is 31.4. The number of aromatic nitrogens is 1. The van der Waals surface area contributed by atoms with E-state index < -0.39 is 35.4 Å². The quantitative estimate of drug-likeness (QED) is 0.219. The van der Waals surface area contributed by atoms with Crippen LogP contribution < -0.4 is 5.32 Å². The lowest BCUT2D eigenvalue weighted by Gasteiger charge is -2.20. The number of para-hydroxylation sites is 1. The molecule has 2 aromatic heterocycles. The molecule has 10 heteroatoms. The van der Waals surface area contributed by atoms with E-state index >= 15 is 0 Å². The number of hydrogen-bond donors (Lipinski definition) is 1. The van der Waals surface area contributed by atoms with Gasteiger partial charge in [0, 0.05) is 16.0 Å². The van der Waals surface area contributed by atoms with E-state index in [0.717, 1.165) is 6.07 Å². The standard InChI is InChI=1S/C29H18ClF3N2O4/c30-18-12-13-23(21(15-18)29(31,32)33)35-27(36)26(17-7-2-1-3-8-17)39-28(37)20-16-24(25-11-6-14-38-25)34-22-10-5-4-9-19(20)22/h1-16,26H,(H,35,36). The number of rotatable bonds is 6. The molecule has 0 aliphatic carbocycles. The van der Waals surface area contributed by atoms with E-state index in [1.807, 2.05) is 0 Å². The van der Waals surface area contributed by atoms with Crippen molar-refractivity contribution in [3.05, 3.63) is 119 Å². The van der Waals surface area contributed by atoms with Gasteiger partial charge in [-0.1, -0.05) is 60.1 Å². The summed E-state index contributed by atoms with van der Waals surface area (Å²) in [5.41, 5.74) is -0.454. The predicted molar refractivity (Wildman–Crippen MR) is 139 cm³/mol. The Morgan fingerprint density at radius 3 is 2.38 bits per heavy atom. The molecule has 6 nitrogen and oxygen atoms in total. The minimum absolute atomic E-state index is 0.100. The van der Waals surface area contributed by atoms with Crippen LogP contribution in [0.3, 0.4) is 0 Å². The summed E-state index contributed by atoms with van der Waals surface area (Å²) in [5, 5.41) is 2.56. The lowest BCUT2D eigenvalue weighted by atomic mass is 10.1. The summed E-state index contributed by atoms with van der Waals surface area (Å²) in [7, 11) is 0. The van der Waals surface area contributed by atoms with Gasteiger partial charge in [-0.3, -0.25) is 4.79 Å². The second kappa shape index (κ2) is 10.6. The van der Waals surface area contributed by atoms with Crippen LogP contribution in [0.2, 0.25) is 5.02 Å². The van der Waals surface area contributed by atoms with Crippen molar-refractivity contribution in [1.82, 2.24) is 4.98 Å². The molecule has 1 amide bonds. The molecule has 5 aromatic rings. The number of ether oxygens (including phenoxy) is 1. The third-order valence-electron chi connectivity index (χ3n) is 5.82. The minimum Gasteiger partial charge on any atom is -0.463 e. The minimum atomic E-state index is -4.79. The van der Waals surface area contributed by atoms with Gasteiger partial charge in [0.05, 0.1) is 28.6 Å². The number of anilines is 1. The summed E-state index contributed by atoms with van der Waals surface area (Å²) in [6.45, 7) is 0. The zero-order valence-corrected chi connectivity index (χ0v) is 20.7. The first-order valence-corrected chi connectivity index (χ1v) is 12.0. The Morgan fingerprint density at radius 1 is 0.923 bits per heavy atom. The number of furan rings is 1. The number of esters is 1. The van der Waals surface area contributed by atoms with E-state index in [-0.39, 0.29) is 16.1 Å². The van der Waals surface area contributed by atoms with Crippen molar-refractivity contribution in [3.63, 3.8) is 0 Å². The summed E-state index contributed by atoms with van der Waals surface area (Å²) in [5.74, 6) is -1.45. The molecule has 2 heterocycles. The average molecular weight is 551 g/mol. The monoisotopic (exact) mass is 550 g/mol. The van der Waals surface area contributed by atoms with Crippen LogP contribution in [0.4, 0.5) is 18.9 Å². The molecular formula is C29H18ClF3N2O4. The first kappa shape index (κ1) is 26.0. The molecule has 0 saturated heterocycles. The van der Waals surface area contributed by atoms with Gasteiger partial charge in [0.2, 0.25) is 6.10 Å². The summed E-state index contributed by atoms with van der Waals surface area (Å²) in [6, 6.07) is 22.6. The molecule has 0 aliphatic rings. The van der Waals surface area contributed by atoms with E-state index in [2.05, 4.69) is 10.3 Å². The van der Waals surface area contributed by atoms with Gasteiger partial charge in [0.1, 0.15) is 5.69 Å². The Bertz CT molecular complexity index is 1660. The van der Waals surface area contributed by atoms with Gasteiger partial charge in [-0.05, 0) is 42.5 Å². The number of carbonyl (C=O) groups excluding carboxylic acids is 2. The molecule has 0 aliphatic heterocycles. The highest BCUT2D eigenvalue weighted by Crippen LogP contribution is 2.37. The van der Waals surface area contributed by atoms with E-state index in [1.165, 1.54) is 30.5 Å². The lowest BCUT2D eigenvalue weighted by molar-refractivity contribution is -0.137. The number of halogens is 4. The number of nitrogens with one attached hydrogen (secondary N) is 1. The molecule has 0 radical (unpaired) electrons. The molecule has 196 valence electrons. The van der Waals surface area contributed by atoms with Crippen LogP contribution in [0.1, 0.15) is 27.6 Å². The molecule has 39 heavy (non-hydrogen) atoms. The van der Waals surface area contributed by atoms with E-state index in [9.17, 15) is 22.8 Å². The van der Waals surface area contributed by atoms with Gasteiger partial charge in [-0.2, -0.15) is 13.2 Å². The van der Waals surface area contributed by atoms with Gasteiger partial charge in [0.15, 0.2) is 5.76 Å². The van der Waals surface area contributed by atoms with Crippen LogP contribution in [0, 0.1) is 0 Å². The number of fused-ring (bicyclic) bond motifs is 1. The first-order chi connectivity index (χ1) is 18.7. The Labute approximate surface area is 225 Å². The highest BCUT2D eigenvalue weighted by Gasteiger charge is 2.35. The Kier molecular flexibility index (Phi) is 7.08. The van der Waals surface area contributed by atoms with Gasteiger partial charge < -0.3 is 14.5 Å². The normalized spacial score (nSPS) is 12.2. The van der Waals surface area contributed by atoms with Crippen LogP contribution in [0.5, 0.6) is 0 Å². The Balaban J connectivity index is 1.52. The molecule has 5 rings (SSSR count). The summed E-state index contributed by atoms with van der Waals surface area (Å²) >= 11 is 5.76. The zero-order chi connectivity index (χ0) is 27.6. The molecule has 0 fully saturated rings. The van der Waals surface area contributed by atoms with Crippen molar-refractivity contribution >= 4 is 40.1 Å². The van der Waals surface area contributed by atoms with Crippen LogP contribution in [0.15, 0.2) is 102 Å². The Morgan fingerprint density at radius 2 is 1.67 bits per heavy atom. The van der Waals surface area contributed by atoms with Gasteiger partial charge in [-0.15, -0.1) is 0 Å². The number of amides is 1. The Hall–Kier alpha value is -4.63. The number of benzene rings is 3. The van der Waals surface area contributed by atoms with Gasteiger partial charge in [0.25, 0.3) is 5.91 Å². The van der Waals surface area contributed by atoms with Crippen LogP contribution in [0.25, 0.3) is 22.4 Å². The first-order valence-electron chi connectivity index (χ1n) is 11.6. The highest BCUT2D eigenvalue weighted by atomic mass is 35.5. The summed E-state index contributed by atoms with van der Waals surface area (Å²) < 4.78 is 52.0. The fourth-order valence-corrected chi connectivity index (χ4v) is 4.20. The van der Waals surface area contributed by atoms with Crippen LogP contribution in [-0.4, -0.2) is 16.9 Å². The topological polar surface area (TPSA) is 81.4 Å². The van der Waals surface area contributed by atoms with Crippen molar-refractivity contribution in [1.29, 1.82) is 0 Å². The third-order valence-corrected chi connectivity index (χ3v) is 6.06.